The third-order valence-corrected chi connectivity index (χ3v) is 2.24. The molecule has 1 N–H and O–H groups in total. The third-order valence-electron chi connectivity index (χ3n) is 2.24. The highest BCUT2D eigenvalue weighted by atomic mass is 19.1. The van der Waals surface area contributed by atoms with Gasteiger partial charge >= 0.3 is 5.97 Å². The molecule has 0 atom stereocenters. The summed E-state index contributed by atoms with van der Waals surface area (Å²) in [6.07, 6.45) is 3.48. The van der Waals surface area contributed by atoms with Gasteiger partial charge in [0.15, 0.2) is 0 Å². The topological polar surface area (TPSA) is 40.5 Å². The summed E-state index contributed by atoms with van der Waals surface area (Å²) in [6, 6.07) is 2.16. The van der Waals surface area contributed by atoms with Gasteiger partial charge in [-0.25, -0.2) is 13.6 Å². The predicted molar refractivity (Wildman–Crippen MR) is 66.5 cm³/mol. The number of likely N-dealkylation sites (N-methyl/N-ethyl adjacent to an activating group) is 1. The SMILES string of the molecule is C=CCN(C)c1c(F)cc(/C=C/C(=O)O)cc1F. The highest BCUT2D eigenvalue weighted by Gasteiger charge is 2.13. The summed E-state index contributed by atoms with van der Waals surface area (Å²) in [7, 11) is 1.54. The van der Waals surface area contributed by atoms with Crippen LogP contribution in [0, 0.1) is 11.6 Å². The van der Waals surface area contributed by atoms with Gasteiger partial charge in [0.1, 0.15) is 17.3 Å². The van der Waals surface area contributed by atoms with Crippen LogP contribution in [-0.4, -0.2) is 24.7 Å². The Labute approximate surface area is 104 Å². The van der Waals surface area contributed by atoms with E-state index in [4.69, 9.17) is 5.11 Å². The maximum absolute atomic E-state index is 13.7. The highest BCUT2D eigenvalue weighted by Crippen LogP contribution is 2.24. The number of hydrogen-bond acceptors (Lipinski definition) is 2. The largest absolute Gasteiger partial charge is 0.478 e. The van der Waals surface area contributed by atoms with Crippen LogP contribution >= 0.6 is 0 Å². The first-order valence-corrected chi connectivity index (χ1v) is 5.17. The number of halogens is 2. The molecule has 0 aliphatic rings. The molecule has 0 bridgehead atoms. The van der Waals surface area contributed by atoms with E-state index in [0.717, 1.165) is 24.3 Å². The molecule has 0 aromatic heterocycles. The van der Waals surface area contributed by atoms with Crippen molar-refractivity contribution in [1.29, 1.82) is 0 Å². The number of carboxylic acid groups (broad SMARTS) is 1. The number of carboxylic acids is 1. The molecule has 0 unspecified atom stereocenters. The Bertz CT molecular complexity index is 475. The zero-order chi connectivity index (χ0) is 13.7. The van der Waals surface area contributed by atoms with Crippen molar-refractivity contribution in [3.63, 3.8) is 0 Å². The van der Waals surface area contributed by atoms with Gasteiger partial charge in [-0.15, -0.1) is 6.58 Å². The van der Waals surface area contributed by atoms with Gasteiger partial charge in [-0.1, -0.05) is 6.08 Å². The molecule has 18 heavy (non-hydrogen) atoms. The number of rotatable bonds is 5. The number of aliphatic carboxylic acids is 1. The van der Waals surface area contributed by atoms with E-state index in [2.05, 4.69) is 6.58 Å². The van der Waals surface area contributed by atoms with Crippen LogP contribution in [0.25, 0.3) is 6.08 Å². The summed E-state index contributed by atoms with van der Waals surface area (Å²) >= 11 is 0. The molecule has 0 saturated carbocycles. The second-order valence-electron chi connectivity index (χ2n) is 3.67. The van der Waals surface area contributed by atoms with Gasteiger partial charge in [0.05, 0.1) is 0 Å². The van der Waals surface area contributed by atoms with Crippen molar-refractivity contribution in [2.24, 2.45) is 0 Å². The van der Waals surface area contributed by atoms with Crippen molar-refractivity contribution >= 4 is 17.7 Å². The fourth-order valence-electron chi connectivity index (χ4n) is 1.50. The van der Waals surface area contributed by atoms with Crippen LogP contribution < -0.4 is 4.90 Å². The van der Waals surface area contributed by atoms with Crippen molar-refractivity contribution in [3.8, 4) is 0 Å². The first-order chi connectivity index (χ1) is 8.45. The lowest BCUT2D eigenvalue weighted by atomic mass is 10.1. The van der Waals surface area contributed by atoms with E-state index in [9.17, 15) is 13.6 Å². The Balaban J connectivity index is 3.11. The molecule has 0 fully saturated rings. The Hall–Kier alpha value is -2.17. The smallest absolute Gasteiger partial charge is 0.328 e. The quantitative estimate of drug-likeness (QED) is 0.648. The average molecular weight is 253 g/mol. The average Bonchev–Trinajstić information content (AvgIpc) is 2.25. The van der Waals surface area contributed by atoms with E-state index < -0.39 is 17.6 Å². The number of carbonyl (C=O) groups is 1. The molecule has 0 heterocycles. The summed E-state index contributed by atoms with van der Waals surface area (Å²) < 4.78 is 27.4. The number of hydrogen-bond donors (Lipinski definition) is 1. The molecule has 0 radical (unpaired) electrons. The van der Waals surface area contributed by atoms with Crippen molar-refractivity contribution < 1.29 is 18.7 Å². The second kappa shape index (κ2) is 5.95. The van der Waals surface area contributed by atoms with Crippen LogP contribution in [0.4, 0.5) is 14.5 Å². The minimum absolute atomic E-state index is 0.156. The third kappa shape index (κ3) is 3.41. The van der Waals surface area contributed by atoms with Gasteiger partial charge in [0, 0.05) is 19.7 Å². The monoisotopic (exact) mass is 253 g/mol. The molecule has 0 amide bonds. The van der Waals surface area contributed by atoms with Gasteiger partial charge in [0.25, 0.3) is 0 Å². The van der Waals surface area contributed by atoms with Crippen LogP contribution in [0.15, 0.2) is 30.9 Å². The molecule has 1 rings (SSSR count). The van der Waals surface area contributed by atoms with Crippen LogP contribution in [0.3, 0.4) is 0 Å². The molecule has 0 aliphatic heterocycles. The lowest BCUT2D eigenvalue weighted by Gasteiger charge is -2.18. The summed E-state index contributed by atoms with van der Waals surface area (Å²) in [5.74, 6) is -2.67. The fraction of sp³-hybridized carbons (Fsp3) is 0.154. The standard InChI is InChI=1S/C13H13F2NO2/c1-3-6-16(2)13-10(14)7-9(8-11(13)15)4-5-12(17)18/h3-5,7-8H,1,6H2,2H3,(H,17,18)/b5-4+. The zero-order valence-electron chi connectivity index (χ0n) is 9.86. The molecule has 0 spiro atoms. The minimum atomic E-state index is -1.18. The first-order valence-electron chi connectivity index (χ1n) is 5.17. The van der Waals surface area contributed by atoms with E-state index in [-0.39, 0.29) is 11.3 Å². The number of benzene rings is 1. The van der Waals surface area contributed by atoms with Crippen LogP contribution in [0.2, 0.25) is 0 Å². The van der Waals surface area contributed by atoms with Gasteiger partial charge in [0.2, 0.25) is 0 Å². The maximum atomic E-state index is 13.7. The molecule has 0 saturated heterocycles. The Morgan fingerprint density at radius 3 is 2.44 bits per heavy atom. The second-order valence-corrected chi connectivity index (χ2v) is 3.67. The van der Waals surface area contributed by atoms with E-state index in [0.29, 0.717) is 6.54 Å². The van der Waals surface area contributed by atoms with E-state index in [1.807, 2.05) is 0 Å². The molecule has 5 heteroatoms. The minimum Gasteiger partial charge on any atom is -0.478 e. The predicted octanol–water partition coefficient (Wildman–Crippen LogP) is 2.68. The fourth-order valence-corrected chi connectivity index (χ4v) is 1.50. The van der Waals surface area contributed by atoms with Crippen LogP contribution in [0.1, 0.15) is 5.56 Å². The molecule has 1 aromatic rings. The molecule has 96 valence electrons. The van der Waals surface area contributed by atoms with Crippen molar-refractivity contribution in [2.75, 3.05) is 18.5 Å². The molecular weight excluding hydrogens is 240 g/mol. The van der Waals surface area contributed by atoms with Crippen molar-refractivity contribution in [3.05, 3.63) is 48.1 Å². The first kappa shape index (κ1) is 13.9. The molecule has 3 nitrogen and oxygen atoms in total. The number of nitrogens with zero attached hydrogens (tertiary/aromatic N) is 1. The summed E-state index contributed by atoms with van der Waals surface area (Å²) in [4.78, 5) is 11.7. The maximum Gasteiger partial charge on any atom is 0.328 e. The molecule has 1 aromatic carbocycles. The van der Waals surface area contributed by atoms with Crippen molar-refractivity contribution in [2.45, 2.75) is 0 Å². The van der Waals surface area contributed by atoms with Gasteiger partial charge in [-0.2, -0.15) is 0 Å². The summed E-state index contributed by atoms with van der Waals surface area (Å²) in [5, 5.41) is 8.43. The highest BCUT2D eigenvalue weighted by molar-refractivity contribution is 5.85. The van der Waals surface area contributed by atoms with Crippen LogP contribution in [0.5, 0.6) is 0 Å². The number of anilines is 1. The van der Waals surface area contributed by atoms with E-state index in [1.54, 1.807) is 0 Å². The van der Waals surface area contributed by atoms with E-state index >= 15 is 0 Å². The van der Waals surface area contributed by atoms with Crippen molar-refractivity contribution in [1.82, 2.24) is 0 Å². The normalized spacial score (nSPS) is 10.6. The lowest BCUT2D eigenvalue weighted by molar-refractivity contribution is -0.131. The van der Waals surface area contributed by atoms with Gasteiger partial charge in [-0.05, 0) is 23.8 Å². The van der Waals surface area contributed by atoms with Gasteiger partial charge in [-0.3, -0.25) is 0 Å². The Morgan fingerprint density at radius 1 is 1.44 bits per heavy atom. The summed E-state index contributed by atoms with van der Waals surface area (Å²) in [6.45, 7) is 3.79. The van der Waals surface area contributed by atoms with E-state index in [1.165, 1.54) is 18.0 Å². The molecule has 0 aliphatic carbocycles. The molecular formula is C13H13F2NO2. The van der Waals surface area contributed by atoms with Crippen LogP contribution in [-0.2, 0) is 4.79 Å². The summed E-state index contributed by atoms with van der Waals surface area (Å²) in [5.41, 5.74) is -0.00877. The Morgan fingerprint density at radius 2 is 2.00 bits per heavy atom. The lowest BCUT2D eigenvalue weighted by Crippen LogP contribution is -2.19. The Kier molecular flexibility index (Phi) is 4.59. The van der Waals surface area contributed by atoms with Gasteiger partial charge < -0.3 is 10.0 Å². The zero-order valence-corrected chi connectivity index (χ0v) is 9.86.